The summed E-state index contributed by atoms with van der Waals surface area (Å²) in [6, 6.07) is 10.7. The van der Waals surface area contributed by atoms with Crippen LogP contribution in [0.15, 0.2) is 30.3 Å². The number of aryl methyl sites for hydroxylation is 1. The van der Waals surface area contributed by atoms with Crippen molar-refractivity contribution in [2.45, 2.75) is 71.3 Å². The summed E-state index contributed by atoms with van der Waals surface area (Å²) < 4.78 is 5.56. The highest BCUT2D eigenvalue weighted by Gasteiger charge is 2.53. The van der Waals surface area contributed by atoms with Crippen molar-refractivity contribution in [2.24, 2.45) is 17.3 Å². The number of nitrogens with one attached hydrogen (secondary N) is 1. The fraction of sp³-hybridized carbons (Fsp3) is 0.636. The number of carbonyl (C=O) groups is 2. The van der Waals surface area contributed by atoms with Gasteiger partial charge in [0.2, 0.25) is 5.91 Å². The second-order valence-corrected chi connectivity index (χ2v) is 8.17. The number of rotatable bonds is 6. The Hall–Kier alpha value is -1.84. The van der Waals surface area contributed by atoms with Crippen LogP contribution in [0.4, 0.5) is 4.79 Å². The van der Waals surface area contributed by atoms with Gasteiger partial charge in [0.1, 0.15) is 6.10 Å². The molecule has 2 aliphatic carbocycles. The molecule has 0 saturated heterocycles. The fourth-order valence-electron chi connectivity index (χ4n) is 4.63. The smallest absolute Gasteiger partial charge is 0.414 e. The van der Waals surface area contributed by atoms with Gasteiger partial charge in [-0.25, -0.2) is 4.79 Å². The van der Waals surface area contributed by atoms with E-state index in [-0.39, 0.29) is 12.0 Å². The third-order valence-corrected chi connectivity index (χ3v) is 6.41. The molecule has 1 N–H and O–H groups in total. The monoisotopic (exact) mass is 357 g/mol. The average Bonchev–Trinajstić information content (AvgIpc) is 3.42. The largest absolute Gasteiger partial charge is 0.446 e. The summed E-state index contributed by atoms with van der Waals surface area (Å²) >= 11 is 0. The van der Waals surface area contributed by atoms with Crippen molar-refractivity contribution in [1.82, 2.24) is 5.32 Å². The van der Waals surface area contributed by atoms with E-state index in [1.165, 1.54) is 24.8 Å². The SMILES string of the molecule is CCC(=O)NC(=O)OC1CCC2(CC2)C(C(C)CCc2ccccc2)C1. The van der Waals surface area contributed by atoms with E-state index in [0.717, 1.165) is 25.7 Å². The molecule has 0 radical (unpaired) electrons. The minimum absolute atomic E-state index is 0.0601. The fourth-order valence-corrected chi connectivity index (χ4v) is 4.63. The molecule has 2 amide bonds. The van der Waals surface area contributed by atoms with E-state index in [2.05, 4.69) is 42.6 Å². The molecule has 3 rings (SSSR count). The highest BCUT2D eigenvalue weighted by molar-refractivity contribution is 5.91. The standard InChI is InChI=1S/C22H31NO3/c1-3-20(24)23-21(25)26-18-11-12-22(13-14-22)19(15-18)16(2)9-10-17-7-5-4-6-8-17/h4-8,16,18-19H,3,9-15H2,1-2H3,(H,23,24,25). The van der Waals surface area contributed by atoms with Gasteiger partial charge in [-0.3, -0.25) is 10.1 Å². The molecule has 3 atom stereocenters. The number of benzene rings is 1. The van der Waals surface area contributed by atoms with Crippen molar-refractivity contribution < 1.29 is 14.3 Å². The maximum atomic E-state index is 11.9. The molecule has 142 valence electrons. The maximum Gasteiger partial charge on any atom is 0.414 e. The summed E-state index contributed by atoms with van der Waals surface area (Å²) in [7, 11) is 0. The number of hydrogen-bond acceptors (Lipinski definition) is 3. The van der Waals surface area contributed by atoms with Gasteiger partial charge in [-0.2, -0.15) is 0 Å². The molecule has 4 heteroatoms. The average molecular weight is 357 g/mol. The Kier molecular flexibility index (Phi) is 6.00. The zero-order valence-corrected chi connectivity index (χ0v) is 16.0. The van der Waals surface area contributed by atoms with E-state index < -0.39 is 6.09 Å². The Morgan fingerprint density at radius 1 is 1.23 bits per heavy atom. The first-order valence-electron chi connectivity index (χ1n) is 10.1. The maximum absolute atomic E-state index is 11.9. The van der Waals surface area contributed by atoms with Gasteiger partial charge in [-0.15, -0.1) is 0 Å². The predicted octanol–water partition coefficient (Wildman–Crippen LogP) is 4.87. The number of ether oxygens (including phenoxy) is 1. The van der Waals surface area contributed by atoms with Crippen molar-refractivity contribution in [3.05, 3.63) is 35.9 Å². The predicted molar refractivity (Wildman–Crippen MR) is 102 cm³/mol. The third-order valence-electron chi connectivity index (χ3n) is 6.41. The van der Waals surface area contributed by atoms with Crippen molar-refractivity contribution >= 4 is 12.0 Å². The first-order chi connectivity index (χ1) is 12.5. The van der Waals surface area contributed by atoms with E-state index in [1.54, 1.807) is 6.92 Å². The molecular formula is C22H31NO3. The van der Waals surface area contributed by atoms with Crippen LogP contribution in [0, 0.1) is 17.3 Å². The van der Waals surface area contributed by atoms with Crippen molar-refractivity contribution in [1.29, 1.82) is 0 Å². The van der Waals surface area contributed by atoms with E-state index in [1.807, 2.05) is 0 Å². The van der Waals surface area contributed by atoms with Crippen LogP contribution in [0.1, 0.15) is 64.4 Å². The van der Waals surface area contributed by atoms with E-state index in [4.69, 9.17) is 4.74 Å². The quantitative estimate of drug-likeness (QED) is 0.790. The molecular weight excluding hydrogens is 326 g/mol. The molecule has 26 heavy (non-hydrogen) atoms. The Morgan fingerprint density at radius 3 is 2.62 bits per heavy atom. The van der Waals surface area contributed by atoms with Crippen LogP contribution in [-0.2, 0) is 16.0 Å². The first-order valence-corrected chi connectivity index (χ1v) is 10.1. The van der Waals surface area contributed by atoms with Gasteiger partial charge in [0.15, 0.2) is 0 Å². The van der Waals surface area contributed by atoms with Crippen molar-refractivity contribution in [3.63, 3.8) is 0 Å². The lowest BCUT2D eigenvalue weighted by Crippen LogP contribution is -2.39. The van der Waals surface area contributed by atoms with Crippen LogP contribution in [0.25, 0.3) is 0 Å². The van der Waals surface area contributed by atoms with Gasteiger partial charge >= 0.3 is 6.09 Å². The summed E-state index contributed by atoms with van der Waals surface area (Å²) in [5.74, 6) is 0.946. The van der Waals surface area contributed by atoms with E-state index in [9.17, 15) is 9.59 Å². The lowest BCUT2D eigenvalue weighted by molar-refractivity contribution is -0.120. The lowest BCUT2D eigenvalue weighted by Gasteiger charge is -2.39. The van der Waals surface area contributed by atoms with Crippen LogP contribution in [0.3, 0.4) is 0 Å². The summed E-state index contributed by atoms with van der Waals surface area (Å²) in [6.45, 7) is 4.08. The Bertz CT molecular complexity index is 624. The second kappa shape index (κ2) is 8.24. The third kappa shape index (κ3) is 4.66. The molecule has 4 nitrogen and oxygen atoms in total. The number of carbonyl (C=O) groups excluding carboxylic acids is 2. The zero-order valence-electron chi connectivity index (χ0n) is 16.0. The molecule has 0 bridgehead atoms. The highest BCUT2D eigenvalue weighted by atomic mass is 16.6. The Labute approximate surface area is 156 Å². The van der Waals surface area contributed by atoms with Gasteiger partial charge in [0.05, 0.1) is 0 Å². The lowest BCUT2D eigenvalue weighted by atomic mass is 9.68. The summed E-state index contributed by atoms with van der Waals surface area (Å²) in [5, 5.41) is 2.30. The zero-order chi connectivity index (χ0) is 18.6. The van der Waals surface area contributed by atoms with E-state index in [0.29, 0.717) is 23.7 Å². The summed E-state index contributed by atoms with van der Waals surface area (Å²) in [5.41, 5.74) is 1.89. The molecule has 1 aromatic rings. The van der Waals surface area contributed by atoms with Crippen LogP contribution in [-0.4, -0.2) is 18.1 Å². The van der Waals surface area contributed by atoms with Crippen LogP contribution >= 0.6 is 0 Å². The molecule has 0 heterocycles. The van der Waals surface area contributed by atoms with Crippen molar-refractivity contribution in [2.75, 3.05) is 0 Å². The van der Waals surface area contributed by atoms with Gasteiger partial charge in [0, 0.05) is 6.42 Å². The summed E-state index contributed by atoms with van der Waals surface area (Å²) in [4.78, 5) is 23.2. The van der Waals surface area contributed by atoms with Gasteiger partial charge in [-0.05, 0) is 67.8 Å². The molecule has 0 aliphatic heterocycles. The Morgan fingerprint density at radius 2 is 1.96 bits per heavy atom. The molecule has 2 aliphatic rings. The molecule has 3 unspecified atom stereocenters. The number of hydrogen-bond donors (Lipinski definition) is 1. The van der Waals surface area contributed by atoms with Gasteiger partial charge in [-0.1, -0.05) is 44.2 Å². The van der Waals surface area contributed by atoms with Gasteiger partial charge in [0.25, 0.3) is 0 Å². The molecule has 1 spiro atoms. The minimum atomic E-state index is -0.579. The topological polar surface area (TPSA) is 55.4 Å². The number of amides is 2. The first kappa shape index (κ1) is 18.9. The van der Waals surface area contributed by atoms with Gasteiger partial charge < -0.3 is 4.74 Å². The normalized spacial score (nSPS) is 24.7. The highest BCUT2D eigenvalue weighted by Crippen LogP contribution is 2.62. The van der Waals surface area contributed by atoms with Crippen LogP contribution in [0.5, 0.6) is 0 Å². The molecule has 2 saturated carbocycles. The number of alkyl carbamates (subject to hydrolysis) is 1. The number of imide groups is 1. The van der Waals surface area contributed by atoms with Crippen LogP contribution < -0.4 is 5.32 Å². The molecule has 2 fully saturated rings. The van der Waals surface area contributed by atoms with Crippen molar-refractivity contribution in [3.8, 4) is 0 Å². The minimum Gasteiger partial charge on any atom is -0.446 e. The second-order valence-electron chi connectivity index (χ2n) is 8.17. The van der Waals surface area contributed by atoms with E-state index >= 15 is 0 Å². The molecule has 0 aromatic heterocycles. The molecule has 1 aromatic carbocycles. The Balaban J connectivity index is 1.54. The summed E-state index contributed by atoms with van der Waals surface area (Å²) in [6.07, 6.45) is 7.57. The van der Waals surface area contributed by atoms with Crippen LogP contribution in [0.2, 0.25) is 0 Å².